The third-order valence-electron chi connectivity index (χ3n) is 5.39. The lowest BCUT2D eigenvalue weighted by molar-refractivity contribution is -0.134. The van der Waals surface area contributed by atoms with Crippen molar-refractivity contribution in [3.8, 4) is 0 Å². The lowest BCUT2D eigenvalue weighted by Gasteiger charge is -2.27. The number of para-hydroxylation sites is 1. The maximum Gasteiger partial charge on any atom is 0.325 e. The lowest BCUT2D eigenvalue weighted by Crippen LogP contribution is -2.44. The van der Waals surface area contributed by atoms with Crippen LogP contribution in [0.2, 0.25) is 0 Å². The van der Waals surface area contributed by atoms with Gasteiger partial charge in [-0.05, 0) is 37.0 Å². The Morgan fingerprint density at radius 1 is 1.03 bits per heavy atom. The molecular weight excluding hydrogens is 366 g/mol. The predicted molar refractivity (Wildman–Crippen MR) is 112 cm³/mol. The number of nitrogens with one attached hydrogen (secondary N) is 2. The highest BCUT2D eigenvalue weighted by Gasteiger charge is 2.52. The lowest BCUT2D eigenvalue weighted by atomic mass is 9.85. The molecule has 6 nitrogen and oxygen atoms in total. The first-order valence-corrected chi connectivity index (χ1v) is 9.94. The number of hydrogen-bond acceptors (Lipinski definition) is 3. The van der Waals surface area contributed by atoms with Crippen LogP contribution in [0.25, 0.3) is 0 Å². The molecule has 3 rings (SSSR count). The number of hydrogen-bond donors (Lipinski definition) is 2. The monoisotopic (exact) mass is 393 g/mol. The Labute approximate surface area is 171 Å². The molecule has 1 heterocycles. The molecule has 1 unspecified atom stereocenters. The summed E-state index contributed by atoms with van der Waals surface area (Å²) in [6, 6.07) is 14.4. The molecule has 0 bridgehead atoms. The molecule has 0 radical (unpaired) electrons. The number of nitrogens with zero attached hydrogens (tertiary/aromatic N) is 1. The van der Waals surface area contributed by atoms with E-state index in [2.05, 4.69) is 10.6 Å². The second-order valence-corrected chi connectivity index (χ2v) is 7.51. The molecule has 0 aliphatic carbocycles. The summed E-state index contributed by atoms with van der Waals surface area (Å²) in [6.45, 7) is 5.53. The fraction of sp³-hybridized carbons (Fsp3) is 0.348. The first-order valence-electron chi connectivity index (χ1n) is 9.94. The molecule has 152 valence electrons. The van der Waals surface area contributed by atoms with Gasteiger partial charge in [0, 0.05) is 5.69 Å². The van der Waals surface area contributed by atoms with Gasteiger partial charge in [-0.2, -0.15) is 0 Å². The van der Waals surface area contributed by atoms with Gasteiger partial charge in [-0.3, -0.25) is 14.5 Å². The number of anilines is 1. The third-order valence-corrected chi connectivity index (χ3v) is 5.39. The van der Waals surface area contributed by atoms with Gasteiger partial charge in [0.2, 0.25) is 5.91 Å². The van der Waals surface area contributed by atoms with Crippen LogP contribution >= 0.6 is 0 Å². The van der Waals surface area contributed by atoms with Gasteiger partial charge in [-0.1, -0.05) is 68.3 Å². The number of imide groups is 1. The van der Waals surface area contributed by atoms with Crippen LogP contribution in [0.1, 0.15) is 42.9 Å². The fourth-order valence-corrected chi connectivity index (χ4v) is 3.78. The summed E-state index contributed by atoms with van der Waals surface area (Å²) in [5.41, 5.74) is 2.19. The van der Waals surface area contributed by atoms with E-state index < -0.39 is 17.5 Å². The SMILES string of the molecule is CCCCC1(c2ccccc2)NC(=O)N(CC(=O)Nc2c(C)cccc2C)C1=O. The van der Waals surface area contributed by atoms with Crippen molar-refractivity contribution in [2.24, 2.45) is 0 Å². The Kier molecular flexibility index (Phi) is 6.01. The highest BCUT2D eigenvalue weighted by atomic mass is 16.2. The summed E-state index contributed by atoms with van der Waals surface area (Å²) in [5, 5.41) is 5.71. The summed E-state index contributed by atoms with van der Waals surface area (Å²) < 4.78 is 0. The number of aryl methyl sites for hydroxylation is 2. The number of urea groups is 1. The van der Waals surface area contributed by atoms with Gasteiger partial charge in [-0.25, -0.2) is 4.79 Å². The summed E-state index contributed by atoms with van der Waals surface area (Å²) in [7, 11) is 0. The average molecular weight is 393 g/mol. The molecule has 1 saturated heterocycles. The molecule has 0 spiro atoms. The summed E-state index contributed by atoms with van der Waals surface area (Å²) in [5.74, 6) is -0.774. The van der Waals surface area contributed by atoms with Gasteiger partial charge in [0.15, 0.2) is 0 Å². The fourth-order valence-electron chi connectivity index (χ4n) is 3.78. The van der Waals surface area contributed by atoms with Crippen LogP contribution in [0.5, 0.6) is 0 Å². The van der Waals surface area contributed by atoms with E-state index in [9.17, 15) is 14.4 Å². The quantitative estimate of drug-likeness (QED) is 0.701. The molecule has 4 amide bonds. The van der Waals surface area contributed by atoms with Crippen molar-refractivity contribution >= 4 is 23.5 Å². The number of carbonyl (C=O) groups is 3. The molecule has 6 heteroatoms. The van der Waals surface area contributed by atoms with E-state index in [1.54, 1.807) is 0 Å². The van der Waals surface area contributed by atoms with Gasteiger partial charge in [0.05, 0.1) is 0 Å². The van der Waals surface area contributed by atoms with Crippen molar-refractivity contribution in [1.29, 1.82) is 0 Å². The molecule has 2 aromatic rings. The van der Waals surface area contributed by atoms with Crippen LogP contribution in [-0.4, -0.2) is 29.3 Å². The highest BCUT2D eigenvalue weighted by Crippen LogP contribution is 2.34. The van der Waals surface area contributed by atoms with Crippen LogP contribution in [-0.2, 0) is 15.1 Å². The van der Waals surface area contributed by atoms with Crippen molar-refractivity contribution < 1.29 is 14.4 Å². The normalized spacial score (nSPS) is 18.7. The minimum atomic E-state index is -1.12. The number of rotatable bonds is 7. The number of unbranched alkanes of at least 4 members (excludes halogenated alkanes) is 1. The minimum Gasteiger partial charge on any atom is -0.324 e. The van der Waals surface area contributed by atoms with Gasteiger partial charge in [-0.15, -0.1) is 0 Å². The van der Waals surface area contributed by atoms with E-state index in [-0.39, 0.29) is 12.5 Å². The van der Waals surface area contributed by atoms with E-state index in [1.807, 2.05) is 69.3 Å². The molecule has 1 atom stereocenters. The highest BCUT2D eigenvalue weighted by molar-refractivity contribution is 6.10. The molecule has 29 heavy (non-hydrogen) atoms. The number of carbonyl (C=O) groups excluding carboxylic acids is 3. The average Bonchev–Trinajstić information content (AvgIpc) is 2.95. The standard InChI is InChI=1S/C23H27N3O3/c1-4-5-14-23(18-12-7-6-8-13-18)21(28)26(22(29)25-23)15-19(27)24-20-16(2)10-9-11-17(20)3/h6-13H,4-5,14-15H2,1-3H3,(H,24,27)(H,25,29). The van der Waals surface area contributed by atoms with Crippen molar-refractivity contribution in [2.75, 3.05) is 11.9 Å². The number of amides is 4. The topological polar surface area (TPSA) is 78.5 Å². The first kappa shape index (κ1) is 20.6. The van der Waals surface area contributed by atoms with Gasteiger partial charge < -0.3 is 10.6 Å². The van der Waals surface area contributed by atoms with Crippen LogP contribution in [0, 0.1) is 13.8 Å². The summed E-state index contributed by atoms with van der Waals surface area (Å²) >= 11 is 0. The minimum absolute atomic E-state index is 0.320. The Hall–Kier alpha value is -3.15. The van der Waals surface area contributed by atoms with E-state index in [0.717, 1.165) is 34.4 Å². The predicted octanol–water partition coefficient (Wildman–Crippen LogP) is 3.88. The molecule has 0 aromatic heterocycles. The van der Waals surface area contributed by atoms with Crippen LogP contribution < -0.4 is 10.6 Å². The second-order valence-electron chi connectivity index (χ2n) is 7.51. The van der Waals surface area contributed by atoms with Crippen molar-refractivity contribution in [3.63, 3.8) is 0 Å². The first-order chi connectivity index (χ1) is 13.9. The van der Waals surface area contributed by atoms with E-state index in [0.29, 0.717) is 12.1 Å². The zero-order valence-electron chi connectivity index (χ0n) is 17.1. The van der Waals surface area contributed by atoms with Crippen LogP contribution in [0.15, 0.2) is 48.5 Å². The zero-order chi connectivity index (χ0) is 21.0. The molecule has 2 aromatic carbocycles. The molecule has 0 saturated carbocycles. The van der Waals surface area contributed by atoms with E-state index in [4.69, 9.17) is 0 Å². The van der Waals surface area contributed by atoms with Crippen molar-refractivity contribution in [2.45, 2.75) is 45.6 Å². The molecule has 2 N–H and O–H groups in total. The van der Waals surface area contributed by atoms with Crippen LogP contribution in [0.3, 0.4) is 0 Å². The maximum absolute atomic E-state index is 13.3. The largest absolute Gasteiger partial charge is 0.325 e. The smallest absolute Gasteiger partial charge is 0.324 e. The molecular formula is C23H27N3O3. The van der Waals surface area contributed by atoms with Gasteiger partial charge in [0.25, 0.3) is 5.91 Å². The van der Waals surface area contributed by atoms with E-state index >= 15 is 0 Å². The maximum atomic E-state index is 13.3. The molecule has 1 fully saturated rings. The van der Waals surface area contributed by atoms with Crippen molar-refractivity contribution in [3.05, 3.63) is 65.2 Å². The Morgan fingerprint density at radius 2 is 1.69 bits per heavy atom. The summed E-state index contributed by atoms with van der Waals surface area (Å²) in [6.07, 6.45) is 2.17. The zero-order valence-corrected chi connectivity index (χ0v) is 17.1. The number of benzene rings is 2. The van der Waals surface area contributed by atoms with E-state index in [1.165, 1.54) is 0 Å². The summed E-state index contributed by atoms with van der Waals surface area (Å²) in [4.78, 5) is 39.7. The van der Waals surface area contributed by atoms with Crippen molar-refractivity contribution in [1.82, 2.24) is 10.2 Å². The second kappa shape index (κ2) is 8.47. The Bertz CT molecular complexity index is 906. The van der Waals surface area contributed by atoms with Crippen LogP contribution in [0.4, 0.5) is 10.5 Å². The Morgan fingerprint density at radius 3 is 2.31 bits per heavy atom. The third kappa shape index (κ3) is 4.01. The van der Waals surface area contributed by atoms with Gasteiger partial charge in [0.1, 0.15) is 12.1 Å². The van der Waals surface area contributed by atoms with Gasteiger partial charge >= 0.3 is 6.03 Å². The molecule has 1 aliphatic heterocycles. The molecule has 1 aliphatic rings. The Balaban J connectivity index is 1.82.